The third kappa shape index (κ3) is 4.77. The molecule has 1 aromatic heterocycles. The molecule has 1 fully saturated rings. The van der Waals surface area contributed by atoms with E-state index in [4.69, 9.17) is 5.11 Å². The molecule has 0 radical (unpaired) electrons. The van der Waals surface area contributed by atoms with Crippen LogP contribution in [0.4, 0.5) is 5.69 Å². The summed E-state index contributed by atoms with van der Waals surface area (Å²) in [4.78, 5) is 25.3. The van der Waals surface area contributed by atoms with Crippen molar-refractivity contribution in [1.82, 2.24) is 20.0 Å². The molecule has 1 aromatic rings. The minimum atomic E-state index is -0.912. The maximum absolute atomic E-state index is 12.1. The summed E-state index contributed by atoms with van der Waals surface area (Å²) in [5.74, 6) is -1.12. The van der Waals surface area contributed by atoms with Gasteiger partial charge >= 0.3 is 5.97 Å². The average molecular weight is 323 g/mol. The van der Waals surface area contributed by atoms with Gasteiger partial charge < -0.3 is 15.3 Å². The Kier molecular flexibility index (Phi) is 6.12. The maximum atomic E-state index is 12.1. The lowest BCUT2D eigenvalue weighted by Gasteiger charge is -2.17. The zero-order valence-electron chi connectivity index (χ0n) is 13.7. The van der Waals surface area contributed by atoms with Gasteiger partial charge in [0, 0.05) is 12.7 Å². The Morgan fingerprint density at radius 2 is 2.09 bits per heavy atom. The van der Waals surface area contributed by atoms with E-state index in [9.17, 15) is 9.59 Å². The molecule has 0 aliphatic carbocycles. The van der Waals surface area contributed by atoms with Crippen LogP contribution in [-0.2, 0) is 16.1 Å². The first-order valence-electron chi connectivity index (χ1n) is 8.08. The Labute approximate surface area is 135 Å². The zero-order valence-corrected chi connectivity index (χ0v) is 13.7. The van der Waals surface area contributed by atoms with Crippen molar-refractivity contribution < 1.29 is 14.7 Å². The highest BCUT2D eigenvalue weighted by Crippen LogP contribution is 2.15. The number of nitrogens with one attached hydrogen (secondary N) is 2. The van der Waals surface area contributed by atoms with E-state index in [1.807, 2.05) is 0 Å². The second-order valence-corrected chi connectivity index (χ2v) is 5.70. The number of hydrogen-bond donors (Lipinski definition) is 3. The number of amides is 1. The maximum Gasteiger partial charge on any atom is 0.320 e. The molecule has 2 heterocycles. The fraction of sp³-hybridized carbons (Fsp3) is 0.667. The average Bonchev–Trinajstić information content (AvgIpc) is 3.17. The standard InChI is InChI=1S/C15H25N5O3/c1-3-19(4-2)7-8-20-10-11(9-16-20)17-14(21)12-5-6-13(18-12)15(22)23/h9-10,12-13,18H,3-8H2,1-2H3,(H,17,21)(H,22,23)/t12-,13+/m1/s1. The van der Waals surface area contributed by atoms with E-state index in [0.29, 0.717) is 18.5 Å². The molecule has 0 unspecified atom stereocenters. The third-order valence-corrected chi connectivity index (χ3v) is 4.20. The molecule has 3 N–H and O–H groups in total. The predicted molar refractivity (Wildman–Crippen MR) is 86.2 cm³/mol. The van der Waals surface area contributed by atoms with Gasteiger partial charge in [-0.3, -0.25) is 19.6 Å². The molecule has 0 spiro atoms. The molecule has 8 nitrogen and oxygen atoms in total. The lowest BCUT2D eigenvalue weighted by molar-refractivity contribution is -0.139. The summed E-state index contributed by atoms with van der Waals surface area (Å²) >= 11 is 0. The molecule has 1 aliphatic rings. The number of hydrogen-bond acceptors (Lipinski definition) is 5. The summed E-state index contributed by atoms with van der Waals surface area (Å²) in [7, 11) is 0. The predicted octanol–water partition coefficient (Wildman–Crippen LogP) is 0.369. The van der Waals surface area contributed by atoms with Crippen molar-refractivity contribution in [2.24, 2.45) is 0 Å². The van der Waals surface area contributed by atoms with Gasteiger partial charge in [0.25, 0.3) is 0 Å². The van der Waals surface area contributed by atoms with Crippen molar-refractivity contribution in [3.05, 3.63) is 12.4 Å². The number of anilines is 1. The molecule has 2 rings (SSSR count). The summed E-state index contributed by atoms with van der Waals surface area (Å²) in [6, 6.07) is -1.10. The Bertz CT molecular complexity index is 541. The first kappa shape index (κ1) is 17.4. The van der Waals surface area contributed by atoms with E-state index in [1.54, 1.807) is 17.1 Å². The van der Waals surface area contributed by atoms with Gasteiger partial charge in [0.1, 0.15) is 6.04 Å². The minimum Gasteiger partial charge on any atom is -0.480 e. The highest BCUT2D eigenvalue weighted by molar-refractivity contribution is 5.95. The number of nitrogens with zero attached hydrogens (tertiary/aromatic N) is 3. The number of carboxylic acids is 1. The number of carbonyl (C=O) groups excluding carboxylic acids is 1. The number of rotatable bonds is 8. The van der Waals surface area contributed by atoms with Crippen molar-refractivity contribution >= 4 is 17.6 Å². The summed E-state index contributed by atoms with van der Waals surface area (Å²) in [5, 5.41) is 18.8. The highest BCUT2D eigenvalue weighted by Gasteiger charge is 2.33. The third-order valence-electron chi connectivity index (χ3n) is 4.20. The van der Waals surface area contributed by atoms with Gasteiger partial charge in [-0.1, -0.05) is 13.8 Å². The van der Waals surface area contributed by atoms with Gasteiger partial charge in [-0.25, -0.2) is 0 Å². The van der Waals surface area contributed by atoms with Crippen LogP contribution in [0.1, 0.15) is 26.7 Å². The van der Waals surface area contributed by atoms with Gasteiger partial charge in [0.2, 0.25) is 5.91 Å². The first-order chi connectivity index (χ1) is 11.0. The summed E-state index contributed by atoms with van der Waals surface area (Å²) in [6.07, 6.45) is 4.41. The molecule has 0 saturated carbocycles. The van der Waals surface area contributed by atoms with Crippen molar-refractivity contribution in [2.75, 3.05) is 25.0 Å². The van der Waals surface area contributed by atoms with E-state index in [2.05, 4.69) is 34.5 Å². The topological polar surface area (TPSA) is 99.5 Å². The van der Waals surface area contributed by atoms with Crippen LogP contribution in [-0.4, -0.2) is 63.4 Å². The van der Waals surface area contributed by atoms with Crippen LogP contribution >= 0.6 is 0 Å². The van der Waals surface area contributed by atoms with Crippen molar-refractivity contribution in [3.63, 3.8) is 0 Å². The fourth-order valence-electron chi connectivity index (χ4n) is 2.71. The smallest absolute Gasteiger partial charge is 0.320 e. The zero-order chi connectivity index (χ0) is 16.8. The quantitative estimate of drug-likeness (QED) is 0.639. The Morgan fingerprint density at radius 1 is 1.39 bits per heavy atom. The lowest BCUT2D eigenvalue weighted by atomic mass is 10.2. The van der Waals surface area contributed by atoms with E-state index in [-0.39, 0.29) is 5.91 Å². The van der Waals surface area contributed by atoms with Gasteiger partial charge in [0.05, 0.1) is 24.5 Å². The second-order valence-electron chi connectivity index (χ2n) is 5.70. The molecule has 2 atom stereocenters. The van der Waals surface area contributed by atoms with Crippen molar-refractivity contribution in [1.29, 1.82) is 0 Å². The SMILES string of the molecule is CCN(CC)CCn1cc(NC(=O)[C@H]2CC[C@@H](C(=O)O)N2)cn1. The summed E-state index contributed by atoms with van der Waals surface area (Å²) in [5.41, 5.74) is 0.634. The van der Waals surface area contributed by atoms with E-state index < -0.39 is 18.1 Å². The van der Waals surface area contributed by atoms with E-state index >= 15 is 0 Å². The Hall–Kier alpha value is -1.93. The van der Waals surface area contributed by atoms with Crippen LogP contribution in [0.25, 0.3) is 0 Å². The fourth-order valence-corrected chi connectivity index (χ4v) is 2.71. The number of carbonyl (C=O) groups is 2. The summed E-state index contributed by atoms with van der Waals surface area (Å²) in [6.45, 7) is 7.92. The molecular weight excluding hydrogens is 298 g/mol. The molecule has 1 saturated heterocycles. The molecule has 8 heteroatoms. The molecule has 0 aromatic carbocycles. The summed E-state index contributed by atoms with van der Waals surface area (Å²) < 4.78 is 1.80. The van der Waals surface area contributed by atoms with Crippen LogP contribution in [0, 0.1) is 0 Å². The molecule has 23 heavy (non-hydrogen) atoms. The molecule has 1 amide bonds. The van der Waals surface area contributed by atoms with Crippen molar-refractivity contribution in [3.8, 4) is 0 Å². The van der Waals surface area contributed by atoms with Crippen LogP contribution in [0.2, 0.25) is 0 Å². The van der Waals surface area contributed by atoms with Gasteiger partial charge in [-0.15, -0.1) is 0 Å². The number of aliphatic carboxylic acids is 1. The monoisotopic (exact) mass is 323 g/mol. The second kappa shape index (κ2) is 8.07. The van der Waals surface area contributed by atoms with Crippen LogP contribution in [0.15, 0.2) is 12.4 Å². The number of aromatic nitrogens is 2. The first-order valence-corrected chi connectivity index (χ1v) is 8.08. The Morgan fingerprint density at radius 3 is 2.70 bits per heavy atom. The lowest BCUT2D eigenvalue weighted by Crippen LogP contribution is -2.41. The van der Waals surface area contributed by atoms with E-state index in [1.165, 1.54) is 0 Å². The van der Waals surface area contributed by atoms with Gasteiger partial charge in [-0.05, 0) is 25.9 Å². The van der Waals surface area contributed by atoms with Crippen LogP contribution in [0.3, 0.4) is 0 Å². The number of likely N-dealkylation sites (N-methyl/N-ethyl adjacent to an activating group) is 1. The normalized spacial score (nSPS) is 20.8. The molecular formula is C15H25N5O3. The van der Waals surface area contributed by atoms with Crippen molar-refractivity contribution in [2.45, 2.75) is 45.3 Å². The largest absolute Gasteiger partial charge is 0.480 e. The minimum absolute atomic E-state index is 0.211. The molecule has 0 bridgehead atoms. The van der Waals surface area contributed by atoms with Crippen LogP contribution < -0.4 is 10.6 Å². The van der Waals surface area contributed by atoms with E-state index in [0.717, 1.165) is 26.2 Å². The van der Waals surface area contributed by atoms with Crippen LogP contribution in [0.5, 0.6) is 0 Å². The number of carboxylic acid groups (broad SMARTS) is 1. The van der Waals surface area contributed by atoms with Gasteiger partial charge in [-0.2, -0.15) is 5.10 Å². The van der Waals surface area contributed by atoms with Gasteiger partial charge in [0.15, 0.2) is 0 Å². The molecule has 128 valence electrons. The highest BCUT2D eigenvalue weighted by atomic mass is 16.4. The Balaban J connectivity index is 1.82. The molecule has 1 aliphatic heterocycles.